The van der Waals surface area contributed by atoms with Gasteiger partial charge in [-0.15, -0.1) is 0 Å². The molecule has 0 aromatic carbocycles. The monoisotopic (exact) mass is 242 g/mol. The second-order valence-corrected chi connectivity index (χ2v) is 6.03. The molecule has 0 saturated carbocycles. The quantitative estimate of drug-likeness (QED) is 0.636. The van der Waals surface area contributed by atoms with E-state index in [4.69, 9.17) is 4.74 Å². The highest BCUT2D eigenvalue weighted by molar-refractivity contribution is 4.69. The van der Waals surface area contributed by atoms with Gasteiger partial charge in [-0.1, -0.05) is 27.2 Å². The Morgan fingerprint density at radius 3 is 2.29 bits per heavy atom. The summed E-state index contributed by atoms with van der Waals surface area (Å²) in [6, 6.07) is 0. The first kappa shape index (κ1) is 14.9. The summed E-state index contributed by atoms with van der Waals surface area (Å²) in [4.78, 5) is 4.89. The van der Waals surface area contributed by atoms with Crippen LogP contribution in [0.2, 0.25) is 0 Å². The van der Waals surface area contributed by atoms with Gasteiger partial charge in [-0.05, 0) is 18.9 Å². The summed E-state index contributed by atoms with van der Waals surface area (Å²) in [5.74, 6) is 0. The lowest BCUT2D eigenvalue weighted by atomic mass is 9.87. The lowest BCUT2D eigenvalue weighted by molar-refractivity contribution is 0.0669. The first-order valence-corrected chi connectivity index (χ1v) is 7.02. The summed E-state index contributed by atoms with van der Waals surface area (Å²) in [6.07, 6.45) is 2.40. The van der Waals surface area contributed by atoms with Crippen LogP contribution in [-0.4, -0.2) is 62.8 Å². The van der Waals surface area contributed by atoms with E-state index in [1.54, 1.807) is 0 Å². The maximum absolute atomic E-state index is 5.75. The van der Waals surface area contributed by atoms with E-state index >= 15 is 0 Å². The van der Waals surface area contributed by atoms with Crippen molar-refractivity contribution in [2.75, 3.05) is 53.0 Å². The molecule has 0 aliphatic carbocycles. The molecule has 0 N–H and O–H groups in total. The van der Waals surface area contributed by atoms with Gasteiger partial charge >= 0.3 is 0 Å². The molecule has 0 aromatic rings. The van der Waals surface area contributed by atoms with E-state index in [0.717, 1.165) is 19.8 Å². The van der Waals surface area contributed by atoms with Gasteiger partial charge < -0.3 is 9.64 Å². The number of likely N-dealkylation sites (N-methyl/N-ethyl adjacent to an activating group) is 1. The fourth-order valence-electron chi connectivity index (χ4n) is 1.89. The number of hydrogen-bond acceptors (Lipinski definition) is 3. The molecule has 1 aliphatic rings. The molecule has 1 heterocycles. The zero-order valence-electron chi connectivity index (χ0n) is 12.2. The minimum absolute atomic E-state index is 0.438. The first-order chi connectivity index (χ1) is 8.03. The molecule has 0 bridgehead atoms. The van der Waals surface area contributed by atoms with Crippen molar-refractivity contribution in [2.45, 2.75) is 33.6 Å². The second-order valence-electron chi connectivity index (χ2n) is 6.03. The Bertz CT molecular complexity index is 198. The maximum atomic E-state index is 5.75. The molecule has 0 aromatic heterocycles. The molecule has 0 radical (unpaired) electrons. The van der Waals surface area contributed by atoms with Crippen molar-refractivity contribution in [2.24, 2.45) is 5.41 Å². The molecule has 0 unspecified atom stereocenters. The SMILES string of the molecule is CCC(C)(C)CCOCCN1CCN(C)CC1. The highest BCUT2D eigenvalue weighted by Crippen LogP contribution is 2.23. The van der Waals surface area contributed by atoms with E-state index in [0.29, 0.717) is 5.41 Å². The molecule has 3 heteroatoms. The van der Waals surface area contributed by atoms with Crippen LogP contribution in [0.25, 0.3) is 0 Å². The van der Waals surface area contributed by atoms with Gasteiger partial charge in [-0.3, -0.25) is 4.90 Å². The molecule has 0 spiro atoms. The van der Waals surface area contributed by atoms with Gasteiger partial charge in [-0.25, -0.2) is 0 Å². The fourth-order valence-corrected chi connectivity index (χ4v) is 1.89. The van der Waals surface area contributed by atoms with Gasteiger partial charge in [0.1, 0.15) is 0 Å². The number of piperazine rings is 1. The molecule has 17 heavy (non-hydrogen) atoms. The summed E-state index contributed by atoms with van der Waals surface area (Å²) in [5, 5.41) is 0. The van der Waals surface area contributed by atoms with Crippen LogP contribution in [0.5, 0.6) is 0 Å². The third kappa shape index (κ3) is 6.39. The number of nitrogens with zero attached hydrogens (tertiary/aromatic N) is 2. The van der Waals surface area contributed by atoms with Gasteiger partial charge in [0.25, 0.3) is 0 Å². The number of hydrogen-bond donors (Lipinski definition) is 0. The van der Waals surface area contributed by atoms with Crippen molar-refractivity contribution in [3.05, 3.63) is 0 Å². The molecule has 0 atom stereocenters. The Morgan fingerprint density at radius 1 is 1.06 bits per heavy atom. The molecule has 102 valence electrons. The average molecular weight is 242 g/mol. The van der Waals surface area contributed by atoms with Crippen molar-refractivity contribution in [3.63, 3.8) is 0 Å². The van der Waals surface area contributed by atoms with Crippen molar-refractivity contribution >= 4 is 0 Å². The van der Waals surface area contributed by atoms with Gasteiger partial charge in [-0.2, -0.15) is 0 Å². The van der Waals surface area contributed by atoms with Crippen LogP contribution in [0.1, 0.15) is 33.6 Å². The van der Waals surface area contributed by atoms with Crippen molar-refractivity contribution in [1.29, 1.82) is 0 Å². The van der Waals surface area contributed by atoms with Crippen LogP contribution in [0.3, 0.4) is 0 Å². The van der Waals surface area contributed by atoms with Crippen LogP contribution in [0.4, 0.5) is 0 Å². The third-order valence-corrected chi connectivity index (χ3v) is 4.03. The van der Waals surface area contributed by atoms with Crippen LogP contribution in [-0.2, 0) is 4.74 Å². The lowest BCUT2D eigenvalue weighted by Crippen LogP contribution is -2.45. The first-order valence-electron chi connectivity index (χ1n) is 7.02. The third-order valence-electron chi connectivity index (χ3n) is 4.03. The average Bonchev–Trinajstić information content (AvgIpc) is 2.31. The van der Waals surface area contributed by atoms with E-state index in [-0.39, 0.29) is 0 Å². The highest BCUT2D eigenvalue weighted by atomic mass is 16.5. The zero-order chi connectivity index (χ0) is 12.7. The summed E-state index contributed by atoms with van der Waals surface area (Å²) in [7, 11) is 2.20. The summed E-state index contributed by atoms with van der Waals surface area (Å²) < 4.78 is 5.75. The van der Waals surface area contributed by atoms with Crippen molar-refractivity contribution in [1.82, 2.24) is 9.80 Å². The Balaban J connectivity index is 1.97. The summed E-state index contributed by atoms with van der Waals surface area (Å²) >= 11 is 0. The second kappa shape index (κ2) is 7.34. The molecule has 0 amide bonds. The van der Waals surface area contributed by atoms with E-state index in [1.165, 1.54) is 39.0 Å². The van der Waals surface area contributed by atoms with Gasteiger partial charge in [0.2, 0.25) is 0 Å². The van der Waals surface area contributed by atoms with Crippen molar-refractivity contribution in [3.8, 4) is 0 Å². The molecule has 3 nitrogen and oxygen atoms in total. The Hall–Kier alpha value is -0.120. The van der Waals surface area contributed by atoms with E-state index < -0.39 is 0 Å². The topological polar surface area (TPSA) is 15.7 Å². The predicted octanol–water partition coefficient (Wildman–Crippen LogP) is 2.08. The Labute approximate surface area is 107 Å². The molecule has 1 aliphatic heterocycles. The molecular formula is C14H30N2O. The smallest absolute Gasteiger partial charge is 0.0593 e. The zero-order valence-corrected chi connectivity index (χ0v) is 12.2. The lowest BCUT2D eigenvalue weighted by Gasteiger charge is -2.32. The number of ether oxygens (including phenoxy) is 1. The highest BCUT2D eigenvalue weighted by Gasteiger charge is 2.15. The van der Waals surface area contributed by atoms with Crippen LogP contribution < -0.4 is 0 Å². The summed E-state index contributed by atoms with van der Waals surface area (Å²) in [5.41, 5.74) is 0.438. The largest absolute Gasteiger partial charge is 0.380 e. The predicted molar refractivity (Wildman–Crippen MR) is 73.4 cm³/mol. The minimum Gasteiger partial charge on any atom is -0.380 e. The van der Waals surface area contributed by atoms with E-state index in [9.17, 15) is 0 Å². The normalized spacial score (nSPS) is 19.8. The summed E-state index contributed by atoms with van der Waals surface area (Å²) in [6.45, 7) is 14.6. The van der Waals surface area contributed by atoms with Gasteiger partial charge in [0, 0.05) is 39.3 Å². The minimum atomic E-state index is 0.438. The Morgan fingerprint density at radius 2 is 1.71 bits per heavy atom. The maximum Gasteiger partial charge on any atom is 0.0593 e. The van der Waals surface area contributed by atoms with Crippen LogP contribution in [0, 0.1) is 5.41 Å². The van der Waals surface area contributed by atoms with Crippen LogP contribution in [0.15, 0.2) is 0 Å². The van der Waals surface area contributed by atoms with Gasteiger partial charge in [0.05, 0.1) is 6.61 Å². The van der Waals surface area contributed by atoms with E-state index in [2.05, 4.69) is 37.6 Å². The standard InChI is InChI=1S/C14H30N2O/c1-5-14(2,3)6-12-17-13-11-16-9-7-15(4)8-10-16/h5-13H2,1-4H3. The molecular weight excluding hydrogens is 212 g/mol. The van der Waals surface area contributed by atoms with E-state index in [1.807, 2.05) is 0 Å². The molecule has 1 saturated heterocycles. The molecule has 1 rings (SSSR count). The van der Waals surface area contributed by atoms with Crippen molar-refractivity contribution < 1.29 is 4.74 Å². The number of rotatable bonds is 7. The fraction of sp³-hybridized carbons (Fsp3) is 1.00. The van der Waals surface area contributed by atoms with Crippen LogP contribution >= 0.6 is 0 Å². The Kier molecular flexibility index (Phi) is 6.45. The molecule has 1 fully saturated rings. The van der Waals surface area contributed by atoms with Gasteiger partial charge in [0.15, 0.2) is 0 Å².